The summed E-state index contributed by atoms with van der Waals surface area (Å²) >= 11 is 0. The number of aromatic hydroxyl groups is 1. The second-order valence-electron chi connectivity index (χ2n) is 25.8. The summed E-state index contributed by atoms with van der Waals surface area (Å²) in [7, 11) is 3.26. The molecule has 1 aromatic heterocycles. The fourth-order valence-electron chi connectivity index (χ4n) is 17.3. The maximum atomic E-state index is 13.1. The van der Waals surface area contributed by atoms with Crippen molar-refractivity contribution in [2.45, 2.75) is 145 Å². The molecule has 444 valence electrons. The number of nitrogens with one attached hydrogen (secondary N) is 2. The number of aromatic nitrogens is 1. The third kappa shape index (κ3) is 12.0. The third-order valence-electron chi connectivity index (χ3n) is 21.2. The fourth-order valence-corrected chi connectivity index (χ4v) is 19.8. The van der Waals surface area contributed by atoms with Crippen LogP contribution in [0.25, 0.3) is 0 Å². The minimum atomic E-state index is -1.08. The van der Waals surface area contributed by atoms with Crippen LogP contribution < -0.4 is 15.8 Å². The average molecular weight is 1170 g/mol. The number of aryl methyl sites for hydroxylation is 1. The number of benzene rings is 3. The zero-order chi connectivity index (χ0) is 57.4. The summed E-state index contributed by atoms with van der Waals surface area (Å²) in [6, 6.07) is 27.7. The number of nitrogens with two attached hydrogens (primary N) is 1. The molecule has 3 fully saturated rings. The van der Waals surface area contributed by atoms with Crippen LogP contribution in [0.5, 0.6) is 11.5 Å². The van der Waals surface area contributed by atoms with Crippen LogP contribution in [0.2, 0.25) is 0 Å². The molecule has 12 nitrogen and oxygen atoms in total. The summed E-state index contributed by atoms with van der Waals surface area (Å²) in [6.07, 6.45) is 11.3. The van der Waals surface area contributed by atoms with Gasteiger partial charge in [-0.3, -0.25) is 0 Å². The normalized spacial score (nSPS) is 36.3. The first-order valence-corrected chi connectivity index (χ1v) is 33.7. The van der Waals surface area contributed by atoms with E-state index in [1.807, 2.05) is 24.4 Å². The second-order valence-corrected chi connectivity index (χ2v) is 28.3. The number of phenols is 1. The Hall–Kier alpha value is -4.66. The van der Waals surface area contributed by atoms with E-state index in [0.717, 1.165) is 60.1 Å². The second kappa shape index (κ2) is 25.7. The number of aliphatic hydroxyl groups excluding tert-OH is 6. The van der Waals surface area contributed by atoms with Crippen LogP contribution in [0.15, 0.2) is 120 Å². The van der Waals surface area contributed by atoms with Crippen molar-refractivity contribution in [1.82, 2.24) is 10.3 Å². The molecule has 0 unspecified atom stereocenters. The van der Waals surface area contributed by atoms with Crippen molar-refractivity contribution >= 4 is 21.6 Å². The number of hydrogen-bond donors (Lipinski definition) is 10. The number of dihydropyridines is 1. The molecule has 3 heterocycles. The highest BCUT2D eigenvalue weighted by Crippen LogP contribution is 2.63. The summed E-state index contributed by atoms with van der Waals surface area (Å²) < 4.78 is 13.6. The molecule has 0 radical (unpaired) electrons. The van der Waals surface area contributed by atoms with Gasteiger partial charge in [0.1, 0.15) is 11.9 Å². The number of aromatic amines is 1. The van der Waals surface area contributed by atoms with Gasteiger partial charge in [-0.2, -0.15) is 0 Å². The smallest absolute Gasteiger partial charge is 0.161 e. The van der Waals surface area contributed by atoms with Crippen molar-refractivity contribution in [3.05, 3.63) is 153 Å². The third-order valence-corrected chi connectivity index (χ3v) is 23.6. The molecule has 2 aliphatic heterocycles. The Kier molecular flexibility index (Phi) is 18.2. The van der Waals surface area contributed by atoms with Gasteiger partial charge in [0, 0.05) is 77.1 Å². The molecule has 8 aliphatic rings. The Bertz CT molecular complexity index is 3050. The summed E-state index contributed by atoms with van der Waals surface area (Å²) in [6.45, 7) is 2.44. The first-order valence-electron chi connectivity index (χ1n) is 31.2. The molecule has 3 aromatic carbocycles. The lowest BCUT2D eigenvalue weighted by molar-refractivity contribution is -0.124. The lowest BCUT2D eigenvalue weighted by Crippen LogP contribution is -2.57. The largest absolute Gasteiger partial charge is 0.504 e. The minimum Gasteiger partial charge on any atom is -0.504 e. The Balaban J connectivity index is 0.951. The van der Waals surface area contributed by atoms with E-state index in [0.29, 0.717) is 87.6 Å². The minimum absolute atomic E-state index is 0.0236. The highest BCUT2D eigenvalue weighted by atomic mass is 33.1. The topological polar surface area (TPSA) is 214 Å². The van der Waals surface area contributed by atoms with Crippen LogP contribution in [0.1, 0.15) is 116 Å². The van der Waals surface area contributed by atoms with Gasteiger partial charge in [0.15, 0.2) is 11.5 Å². The summed E-state index contributed by atoms with van der Waals surface area (Å²) in [5, 5.41) is 87.3. The highest BCUT2D eigenvalue weighted by Gasteiger charge is 2.59. The van der Waals surface area contributed by atoms with E-state index in [1.54, 1.807) is 21.6 Å². The van der Waals surface area contributed by atoms with E-state index < -0.39 is 59.8 Å². The molecule has 6 aliphatic carbocycles. The first kappa shape index (κ1) is 58.7. The van der Waals surface area contributed by atoms with Crippen LogP contribution >= 0.6 is 21.6 Å². The Morgan fingerprint density at radius 3 is 2.45 bits per heavy atom. The van der Waals surface area contributed by atoms with Gasteiger partial charge in [0.05, 0.1) is 43.7 Å². The number of H-pyrrole nitrogens is 1. The van der Waals surface area contributed by atoms with Gasteiger partial charge in [-0.1, -0.05) is 113 Å². The van der Waals surface area contributed by atoms with Gasteiger partial charge in [0.25, 0.3) is 0 Å². The van der Waals surface area contributed by atoms with Gasteiger partial charge in [0.2, 0.25) is 0 Å². The van der Waals surface area contributed by atoms with Crippen molar-refractivity contribution < 1.29 is 45.2 Å². The van der Waals surface area contributed by atoms with E-state index in [-0.39, 0.29) is 72.7 Å². The van der Waals surface area contributed by atoms with Crippen LogP contribution in [0.4, 0.5) is 0 Å². The SMILES string of the molecule is CC[C@@H]1Cc2cc(O)c(O[C@@H]3C[C@H](Cc4ccc[nH]4)C4=CCNC(N)=C4CSSC[C@H](CO)[C@H]3O)cc2[C@H]2C[C@@H](O)[C@H]3[C@@H](OCCO)CC[C@H](O)C[C@@]4(C#C[C@H]3C=C12)C[C@H](c1ccccc1)[C@H]1Cc2ccccc2CC[C@H]2CC[C@@H](O)[C@@H]4[C@@H]21. The van der Waals surface area contributed by atoms with E-state index in [4.69, 9.17) is 15.2 Å². The van der Waals surface area contributed by atoms with Gasteiger partial charge >= 0.3 is 0 Å². The van der Waals surface area contributed by atoms with Crippen LogP contribution in [0.3, 0.4) is 0 Å². The zero-order valence-electron chi connectivity index (χ0n) is 48.0. The molecular weight excluding hydrogens is 1080 g/mol. The summed E-state index contributed by atoms with van der Waals surface area (Å²) in [4.78, 5) is 3.39. The first-order chi connectivity index (χ1) is 40.4. The lowest BCUT2D eigenvalue weighted by Gasteiger charge is -2.59. The highest BCUT2D eigenvalue weighted by molar-refractivity contribution is 8.76. The fraction of sp³-hybridized carbons (Fsp3) is 0.565. The molecule has 0 amide bonds. The van der Waals surface area contributed by atoms with Gasteiger partial charge in [-0.05, 0) is 183 Å². The lowest BCUT2D eigenvalue weighted by atomic mass is 9.45. The number of phenolic OH excluding ortho intramolecular Hbond substituents is 1. The molecule has 83 heavy (non-hydrogen) atoms. The number of aliphatic hydroxyl groups is 6. The van der Waals surface area contributed by atoms with Crippen molar-refractivity contribution in [2.24, 2.45) is 64.4 Å². The molecule has 1 spiro atoms. The van der Waals surface area contributed by atoms with E-state index in [9.17, 15) is 35.7 Å². The predicted molar refractivity (Wildman–Crippen MR) is 328 cm³/mol. The number of fused-ring (bicyclic) bond motifs is 7. The molecule has 2 saturated carbocycles. The van der Waals surface area contributed by atoms with E-state index in [2.05, 4.69) is 102 Å². The molecule has 18 atom stereocenters. The molecule has 1 saturated heterocycles. The van der Waals surface area contributed by atoms with Gasteiger partial charge in [-0.15, -0.1) is 0 Å². The van der Waals surface area contributed by atoms with Crippen LogP contribution in [-0.2, 0) is 30.4 Å². The van der Waals surface area contributed by atoms with Crippen molar-refractivity contribution in [1.29, 1.82) is 0 Å². The van der Waals surface area contributed by atoms with Gasteiger partial charge < -0.3 is 61.3 Å². The van der Waals surface area contributed by atoms with Crippen molar-refractivity contribution in [2.75, 3.05) is 37.9 Å². The standard InChI is InChI=1S/C69H87N3O9S2/c1-2-40-27-46-31-59(77)62(81-63-32-47(28-49-13-8-23-71-49)51-21-24-72-68(70)57(51)39-83-82-38-48(37-74)67(63)79)34-53(46)54-33-60(78)65-45(30-52(40)54)20-22-69(35-50(75)17-19-61(65)80-26-25-73)36-56(42-10-4-3-5-11-42)55-29-44-12-7-6-9-41(44)14-15-43-16-18-58(76)66(69)64(43)55/h3-13,21,23,30-31,34,40,43,45,47-48,50,54-56,58,60-61,63-67,71-79H,2,14-19,24-29,32-33,35-39,70H2,1H3/t40-,43+,45+,47+,48+,50+,54+,55-,56-,58-,60-,61+,63-,64+,65+,66-,67-,69+/m1/s1. The molecule has 14 heteroatoms. The Labute approximate surface area is 498 Å². The molecule has 12 rings (SSSR count). The average Bonchev–Trinajstić information content (AvgIpc) is 3.22. The number of allylic oxidation sites excluding steroid dienone is 3. The molecule has 4 aromatic rings. The molecule has 11 N–H and O–H groups in total. The maximum Gasteiger partial charge on any atom is 0.161 e. The number of ether oxygens (including phenoxy) is 2. The van der Waals surface area contributed by atoms with Crippen LogP contribution in [-0.4, -0.2) is 115 Å². The van der Waals surface area contributed by atoms with Crippen molar-refractivity contribution in [3.63, 3.8) is 0 Å². The monoisotopic (exact) mass is 1170 g/mol. The Morgan fingerprint density at radius 1 is 0.819 bits per heavy atom. The number of rotatable bonds is 10. The molecular formula is C69H87N3O9S2. The zero-order valence-corrected chi connectivity index (χ0v) is 49.7. The summed E-state index contributed by atoms with van der Waals surface area (Å²) in [5.74, 6) is 9.07. The van der Waals surface area contributed by atoms with Crippen LogP contribution in [0, 0.1) is 70.5 Å². The van der Waals surface area contributed by atoms with Gasteiger partial charge in [-0.25, -0.2) is 0 Å². The molecule has 0 bridgehead atoms. The van der Waals surface area contributed by atoms with E-state index >= 15 is 0 Å². The van der Waals surface area contributed by atoms with E-state index in [1.165, 1.54) is 22.3 Å². The number of hydrogen-bond acceptors (Lipinski definition) is 13. The maximum absolute atomic E-state index is 13.1. The Morgan fingerprint density at radius 2 is 1.65 bits per heavy atom. The quantitative estimate of drug-likeness (QED) is 0.0408. The summed E-state index contributed by atoms with van der Waals surface area (Å²) in [5.41, 5.74) is 16.4. The predicted octanol–water partition coefficient (Wildman–Crippen LogP) is 9.28. The van der Waals surface area contributed by atoms with Crippen molar-refractivity contribution in [3.8, 4) is 23.3 Å².